The van der Waals surface area contributed by atoms with Gasteiger partial charge in [-0.3, -0.25) is 9.59 Å². The van der Waals surface area contributed by atoms with E-state index in [1.165, 1.54) is 7.11 Å². The van der Waals surface area contributed by atoms with Crippen molar-refractivity contribution in [1.29, 1.82) is 0 Å². The van der Waals surface area contributed by atoms with Gasteiger partial charge < -0.3 is 45.4 Å². The topological polar surface area (TPSA) is 204 Å². The van der Waals surface area contributed by atoms with Crippen molar-refractivity contribution in [2.24, 2.45) is 11.8 Å². The molecule has 2 aliphatic heterocycles. The summed E-state index contributed by atoms with van der Waals surface area (Å²) in [5, 5.41) is 17.4. The number of aromatic nitrogens is 4. The van der Waals surface area contributed by atoms with Gasteiger partial charge in [-0.05, 0) is 84.0 Å². The number of nitrogens with one attached hydrogen (secondary N) is 5. The van der Waals surface area contributed by atoms with E-state index >= 15 is 0 Å². The van der Waals surface area contributed by atoms with Crippen LogP contribution in [0.4, 0.5) is 9.59 Å². The molecule has 3 aliphatic rings. The Morgan fingerprint density at radius 2 is 1.52 bits per heavy atom. The number of H-pyrrole nitrogens is 2. The van der Waals surface area contributed by atoms with Gasteiger partial charge in [0, 0.05) is 36.2 Å². The molecule has 3 aromatic carbocycles. The highest BCUT2D eigenvalue weighted by atomic mass is 16.5. The van der Waals surface area contributed by atoms with Crippen LogP contribution in [0.1, 0.15) is 89.1 Å². The standard InChI is InChI=1S/C46H54N8O7/c1-24(2)38(52-45(57)58)43(55)50-32-9-6-8-30(32)41-47-33-18-16-28(22-35(33)49-41)26-11-13-27(14-12-26)29-15-17-31-37(23-29)61-21-19-34-40(31)51-42(48-34)36-10-7-20-54(36)44(56)39(25(3)4)53-46(59)60-5/h11-18,22-25,30,32,36,38-39,52H,6-10,19-21H2,1-5H3,(H,47,49)(H,48,51)(H,50,55)(H,53,59)(H,57,58)/t30-,32+,36-,38-,39-/m0/s1. The smallest absolute Gasteiger partial charge is 0.407 e. The van der Waals surface area contributed by atoms with Crippen molar-refractivity contribution >= 4 is 35.0 Å². The first kappa shape index (κ1) is 41.4. The minimum atomic E-state index is -1.22. The number of hydrogen-bond donors (Lipinski definition) is 6. The van der Waals surface area contributed by atoms with E-state index in [2.05, 4.69) is 80.5 Å². The van der Waals surface area contributed by atoms with Crippen molar-refractivity contribution in [3.63, 3.8) is 0 Å². The Kier molecular flexibility index (Phi) is 11.7. The third kappa shape index (κ3) is 8.50. The molecule has 6 N–H and O–H groups in total. The number of fused-ring (bicyclic) bond motifs is 4. The second kappa shape index (κ2) is 17.3. The Morgan fingerprint density at radius 1 is 0.820 bits per heavy atom. The first-order valence-electron chi connectivity index (χ1n) is 21.3. The summed E-state index contributed by atoms with van der Waals surface area (Å²) in [6, 6.07) is 18.9. The van der Waals surface area contributed by atoms with Crippen LogP contribution in [0.2, 0.25) is 0 Å². The molecule has 4 heterocycles. The number of imidazole rings is 2. The van der Waals surface area contributed by atoms with Gasteiger partial charge in [-0.1, -0.05) is 70.5 Å². The number of nitrogens with zero attached hydrogens (tertiary/aromatic N) is 3. The molecule has 8 rings (SSSR count). The number of ether oxygens (including phenoxy) is 2. The van der Waals surface area contributed by atoms with Gasteiger partial charge in [0.2, 0.25) is 11.8 Å². The van der Waals surface area contributed by atoms with Gasteiger partial charge in [0.25, 0.3) is 0 Å². The van der Waals surface area contributed by atoms with Crippen LogP contribution >= 0.6 is 0 Å². The first-order chi connectivity index (χ1) is 29.4. The van der Waals surface area contributed by atoms with Crippen LogP contribution < -0.4 is 20.7 Å². The molecule has 4 amide bonds. The van der Waals surface area contributed by atoms with Crippen LogP contribution in [0.3, 0.4) is 0 Å². The summed E-state index contributed by atoms with van der Waals surface area (Å²) in [7, 11) is 1.29. The van der Waals surface area contributed by atoms with E-state index in [9.17, 15) is 24.3 Å². The molecule has 0 radical (unpaired) electrons. The third-order valence-corrected chi connectivity index (χ3v) is 12.4. The molecule has 5 aromatic rings. The fraction of sp³-hybridized carbons (Fsp3) is 0.435. The first-order valence-corrected chi connectivity index (χ1v) is 21.3. The van der Waals surface area contributed by atoms with E-state index in [-0.39, 0.29) is 41.7 Å². The van der Waals surface area contributed by atoms with Crippen molar-refractivity contribution in [3.8, 4) is 39.3 Å². The number of benzene rings is 3. The van der Waals surface area contributed by atoms with Gasteiger partial charge in [-0.15, -0.1) is 0 Å². The SMILES string of the molecule is COC(=O)N[C@H](C(=O)N1CCC[C@H]1c1nc2c([nH]1)CCOc1cc(-c3ccc(-c4ccc5nc([C@H]6CCC[C@H]6NC(=O)[C@@H](NC(=O)O)C(C)C)[nH]c5c4)cc3)ccc1-2)C(C)C. The quantitative estimate of drug-likeness (QED) is 0.0789. The number of methoxy groups -OCH3 is 1. The molecule has 320 valence electrons. The van der Waals surface area contributed by atoms with E-state index in [0.717, 1.165) is 99.7 Å². The predicted molar refractivity (Wildman–Crippen MR) is 230 cm³/mol. The maximum atomic E-state index is 13.7. The summed E-state index contributed by atoms with van der Waals surface area (Å²) < 4.78 is 11.1. The summed E-state index contributed by atoms with van der Waals surface area (Å²) in [4.78, 5) is 69.1. The van der Waals surface area contributed by atoms with Crippen LogP contribution in [-0.4, -0.2) is 92.3 Å². The van der Waals surface area contributed by atoms with Gasteiger partial charge in [0.05, 0.1) is 36.5 Å². The molecule has 15 nitrogen and oxygen atoms in total. The summed E-state index contributed by atoms with van der Waals surface area (Å²) in [5.41, 5.74) is 8.60. The summed E-state index contributed by atoms with van der Waals surface area (Å²) >= 11 is 0. The Morgan fingerprint density at radius 3 is 2.23 bits per heavy atom. The fourth-order valence-corrected chi connectivity index (χ4v) is 9.10. The second-order valence-electron chi connectivity index (χ2n) is 17.1. The van der Waals surface area contributed by atoms with E-state index in [1.807, 2.05) is 38.7 Å². The molecule has 15 heteroatoms. The van der Waals surface area contributed by atoms with Gasteiger partial charge in [-0.2, -0.15) is 0 Å². The number of carbonyl (C=O) groups is 4. The van der Waals surface area contributed by atoms with Crippen molar-refractivity contribution < 1.29 is 33.8 Å². The molecule has 0 bridgehead atoms. The summed E-state index contributed by atoms with van der Waals surface area (Å²) in [5.74, 6) is 1.55. The van der Waals surface area contributed by atoms with E-state index < -0.39 is 24.3 Å². The molecular weight excluding hydrogens is 777 g/mol. The molecule has 0 spiro atoms. The summed E-state index contributed by atoms with van der Waals surface area (Å²) in [6.45, 7) is 8.52. The molecule has 2 fully saturated rings. The lowest BCUT2D eigenvalue weighted by molar-refractivity contribution is -0.135. The molecule has 1 aliphatic carbocycles. The van der Waals surface area contributed by atoms with Crippen LogP contribution in [0.15, 0.2) is 60.7 Å². The number of alkyl carbamates (subject to hydrolysis) is 1. The Labute approximate surface area is 354 Å². The number of carbonyl (C=O) groups excluding carboxylic acids is 3. The normalized spacial score (nSPS) is 19.5. The minimum Gasteiger partial charge on any atom is -0.492 e. The van der Waals surface area contributed by atoms with Crippen molar-refractivity contribution in [2.45, 2.75) is 96.3 Å². The van der Waals surface area contributed by atoms with E-state index in [0.29, 0.717) is 19.6 Å². The molecule has 2 aromatic heterocycles. The number of aromatic amines is 2. The minimum absolute atomic E-state index is 0.00235. The van der Waals surface area contributed by atoms with E-state index in [4.69, 9.17) is 19.4 Å². The van der Waals surface area contributed by atoms with Crippen LogP contribution in [-0.2, 0) is 20.7 Å². The lowest BCUT2D eigenvalue weighted by Crippen LogP contribution is -2.52. The molecule has 1 saturated carbocycles. The number of hydrogen-bond acceptors (Lipinski definition) is 8. The second-order valence-corrected chi connectivity index (χ2v) is 17.1. The number of likely N-dealkylation sites (tertiary alicyclic amines) is 1. The Bertz CT molecular complexity index is 2440. The van der Waals surface area contributed by atoms with Crippen molar-refractivity contribution in [3.05, 3.63) is 78.0 Å². The average molecular weight is 831 g/mol. The van der Waals surface area contributed by atoms with Crippen molar-refractivity contribution in [2.75, 3.05) is 20.3 Å². The molecule has 0 unspecified atom stereocenters. The zero-order chi connectivity index (χ0) is 42.9. The maximum Gasteiger partial charge on any atom is 0.407 e. The van der Waals surface area contributed by atoms with Gasteiger partial charge >= 0.3 is 12.2 Å². The van der Waals surface area contributed by atoms with Gasteiger partial charge in [0.15, 0.2) is 0 Å². The highest BCUT2D eigenvalue weighted by Gasteiger charge is 2.39. The summed E-state index contributed by atoms with van der Waals surface area (Å²) in [6.07, 6.45) is 3.01. The highest BCUT2D eigenvalue weighted by Crippen LogP contribution is 2.41. The van der Waals surface area contributed by atoms with Crippen LogP contribution in [0.25, 0.3) is 44.5 Å². The fourth-order valence-electron chi connectivity index (χ4n) is 9.10. The molecule has 61 heavy (non-hydrogen) atoms. The molecule has 1 saturated heterocycles. The monoisotopic (exact) mass is 830 g/mol. The maximum absolute atomic E-state index is 13.7. The van der Waals surface area contributed by atoms with Gasteiger partial charge in [-0.25, -0.2) is 19.6 Å². The average Bonchev–Trinajstić information content (AvgIpc) is 4.07. The van der Waals surface area contributed by atoms with Crippen LogP contribution in [0.5, 0.6) is 5.75 Å². The lowest BCUT2D eigenvalue weighted by Gasteiger charge is -2.30. The van der Waals surface area contributed by atoms with E-state index in [1.54, 1.807) is 0 Å². The number of rotatable bonds is 11. The van der Waals surface area contributed by atoms with Crippen molar-refractivity contribution in [1.82, 2.24) is 40.8 Å². The number of carboxylic acid groups (broad SMARTS) is 1. The Balaban J connectivity index is 0.971. The third-order valence-electron chi connectivity index (χ3n) is 12.4. The Hall–Kier alpha value is -6.38. The zero-order valence-corrected chi connectivity index (χ0v) is 35.2. The molecular formula is C46H54N8O7. The van der Waals surface area contributed by atoms with Crippen LogP contribution in [0, 0.1) is 11.8 Å². The largest absolute Gasteiger partial charge is 0.492 e. The number of amides is 4. The zero-order valence-electron chi connectivity index (χ0n) is 35.2. The van der Waals surface area contributed by atoms with Gasteiger partial charge in [0.1, 0.15) is 29.5 Å². The lowest BCUT2D eigenvalue weighted by atomic mass is 9.98. The predicted octanol–water partition coefficient (Wildman–Crippen LogP) is 7.31. The molecule has 5 atom stereocenters. The highest BCUT2D eigenvalue weighted by molar-refractivity contribution is 5.87.